The van der Waals surface area contributed by atoms with Crippen LogP contribution in [0, 0.1) is 0 Å². The molecule has 1 atom stereocenters. The Kier molecular flexibility index (Phi) is 7.23. The fourth-order valence-corrected chi connectivity index (χ4v) is 4.07. The average molecular weight is 534 g/mol. The molecule has 0 bridgehead atoms. The van der Waals surface area contributed by atoms with Crippen molar-refractivity contribution in [2.75, 3.05) is 10.3 Å². The van der Waals surface area contributed by atoms with Crippen molar-refractivity contribution in [3.8, 4) is 0 Å². The molecule has 0 saturated heterocycles. The van der Waals surface area contributed by atoms with Crippen molar-refractivity contribution in [1.29, 1.82) is 0 Å². The van der Waals surface area contributed by atoms with Gasteiger partial charge in [-0.25, -0.2) is 9.99 Å². The molecule has 2 aromatic rings. The highest BCUT2D eigenvalue weighted by molar-refractivity contribution is 9.18. The van der Waals surface area contributed by atoms with Gasteiger partial charge in [-0.15, -0.1) is 0 Å². The quantitative estimate of drug-likeness (QED) is 0.560. The fourth-order valence-electron chi connectivity index (χ4n) is 2.84. The van der Waals surface area contributed by atoms with Crippen molar-refractivity contribution >= 4 is 78.7 Å². The third kappa shape index (κ3) is 5.06. The van der Waals surface area contributed by atoms with Crippen LogP contribution in [-0.2, 0) is 4.79 Å². The predicted molar refractivity (Wildman–Crippen MR) is 124 cm³/mol. The number of carbonyl (C=O) groups excluding carboxylic acids is 2. The van der Waals surface area contributed by atoms with Crippen molar-refractivity contribution in [2.45, 2.75) is 32.4 Å². The number of benzene rings is 1. The Balaban J connectivity index is 1.92. The first-order valence-corrected chi connectivity index (χ1v) is 10.8. The number of hydrazone groups is 1. The molecule has 0 saturated carbocycles. The van der Waals surface area contributed by atoms with Gasteiger partial charge >= 0.3 is 0 Å². The van der Waals surface area contributed by atoms with Gasteiger partial charge < -0.3 is 10.6 Å². The molecule has 2 heterocycles. The largest absolute Gasteiger partial charge is 0.350 e. The number of anilines is 2. The number of aromatic nitrogens is 1. The second kappa shape index (κ2) is 9.51. The number of pyridine rings is 1. The van der Waals surface area contributed by atoms with E-state index in [0.717, 1.165) is 0 Å². The molecule has 0 aliphatic carbocycles. The Hall–Kier alpha value is -1.87. The molecule has 1 aliphatic heterocycles. The molecule has 0 radical (unpaired) electrons. The van der Waals surface area contributed by atoms with Gasteiger partial charge in [-0.2, -0.15) is 5.10 Å². The van der Waals surface area contributed by atoms with E-state index in [9.17, 15) is 9.59 Å². The Morgan fingerprint density at radius 2 is 1.97 bits per heavy atom. The minimum Gasteiger partial charge on any atom is -0.350 e. The molecule has 0 spiro atoms. The highest BCUT2D eigenvalue weighted by atomic mass is 79.9. The lowest BCUT2D eigenvalue weighted by atomic mass is 10.1. The summed E-state index contributed by atoms with van der Waals surface area (Å²) >= 11 is 21.9. The van der Waals surface area contributed by atoms with Crippen LogP contribution in [0.5, 0.6) is 0 Å². The van der Waals surface area contributed by atoms with Crippen LogP contribution in [0.2, 0.25) is 15.1 Å². The average Bonchev–Trinajstić information content (AvgIpc) is 3.05. The Labute approximate surface area is 196 Å². The van der Waals surface area contributed by atoms with Gasteiger partial charge in [-0.1, -0.05) is 34.8 Å². The van der Waals surface area contributed by atoms with Gasteiger partial charge in [0.2, 0.25) is 5.91 Å². The van der Waals surface area contributed by atoms with Crippen molar-refractivity contribution in [2.24, 2.45) is 5.10 Å². The van der Waals surface area contributed by atoms with Gasteiger partial charge in [0.15, 0.2) is 5.82 Å². The molecule has 30 heavy (non-hydrogen) atoms. The zero-order chi connectivity index (χ0) is 22.0. The SMILES string of the molecule is CC(C)NC(=O)c1cc(Cl)cc(Cl)c1NC(=O)C1CC(Br)=NN1c1ncccc1Cl. The number of amides is 2. The number of nitrogens with one attached hydrogen (secondary N) is 2. The summed E-state index contributed by atoms with van der Waals surface area (Å²) in [7, 11) is 0. The molecule has 1 aromatic carbocycles. The van der Waals surface area contributed by atoms with Gasteiger partial charge in [-0.3, -0.25) is 9.59 Å². The minimum atomic E-state index is -0.750. The summed E-state index contributed by atoms with van der Waals surface area (Å²) in [5.41, 5.74) is 0.328. The lowest BCUT2D eigenvalue weighted by Crippen LogP contribution is -2.39. The molecule has 158 valence electrons. The maximum atomic E-state index is 13.1. The Morgan fingerprint density at radius 3 is 2.63 bits per heavy atom. The lowest BCUT2D eigenvalue weighted by Gasteiger charge is -2.23. The highest BCUT2D eigenvalue weighted by Gasteiger charge is 2.35. The summed E-state index contributed by atoms with van der Waals surface area (Å²) in [5, 5.41) is 12.0. The van der Waals surface area contributed by atoms with Gasteiger partial charge in [0.05, 0.1) is 21.3 Å². The first-order chi connectivity index (χ1) is 14.2. The summed E-state index contributed by atoms with van der Waals surface area (Å²) in [6.07, 6.45) is 1.85. The summed E-state index contributed by atoms with van der Waals surface area (Å²) in [4.78, 5) is 30.0. The number of carbonyl (C=O) groups is 2. The Morgan fingerprint density at radius 1 is 1.23 bits per heavy atom. The van der Waals surface area contributed by atoms with Crippen molar-refractivity contribution in [1.82, 2.24) is 10.3 Å². The lowest BCUT2D eigenvalue weighted by molar-refractivity contribution is -0.117. The monoisotopic (exact) mass is 531 g/mol. The van der Waals surface area contributed by atoms with E-state index >= 15 is 0 Å². The van der Waals surface area contributed by atoms with Gasteiger partial charge in [-0.05, 0) is 54.0 Å². The summed E-state index contributed by atoms with van der Waals surface area (Å²) < 4.78 is 0.560. The van der Waals surface area contributed by atoms with E-state index in [1.165, 1.54) is 17.1 Å². The third-order valence-corrected chi connectivity index (χ3v) is 5.39. The van der Waals surface area contributed by atoms with E-state index in [2.05, 4.69) is 36.6 Å². The van der Waals surface area contributed by atoms with Crippen molar-refractivity contribution < 1.29 is 9.59 Å². The molecule has 11 heteroatoms. The minimum absolute atomic E-state index is 0.111. The third-order valence-electron chi connectivity index (χ3n) is 4.10. The van der Waals surface area contributed by atoms with Crippen molar-refractivity contribution in [3.05, 3.63) is 51.1 Å². The van der Waals surface area contributed by atoms with Crippen LogP contribution in [-0.4, -0.2) is 33.5 Å². The van der Waals surface area contributed by atoms with Crippen molar-refractivity contribution in [3.63, 3.8) is 0 Å². The maximum Gasteiger partial charge on any atom is 0.253 e. The van der Waals surface area contributed by atoms with Crippen LogP contribution < -0.4 is 15.6 Å². The maximum absolute atomic E-state index is 13.1. The van der Waals surface area contributed by atoms with E-state index in [4.69, 9.17) is 34.8 Å². The molecule has 1 aromatic heterocycles. The number of nitrogens with zero attached hydrogens (tertiary/aromatic N) is 3. The van der Waals surface area contributed by atoms with E-state index in [1.54, 1.807) is 18.3 Å². The van der Waals surface area contributed by atoms with E-state index in [1.807, 2.05) is 13.8 Å². The van der Waals surface area contributed by atoms with Crippen LogP contribution in [0.15, 0.2) is 35.6 Å². The van der Waals surface area contributed by atoms with Crippen LogP contribution in [0.1, 0.15) is 30.6 Å². The topological polar surface area (TPSA) is 86.7 Å². The molecular weight excluding hydrogens is 517 g/mol. The van der Waals surface area contributed by atoms with Gasteiger partial charge in [0, 0.05) is 23.7 Å². The molecule has 1 unspecified atom stereocenters. The first kappa shape index (κ1) is 22.8. The zero-order valence-electron chi connectivity index (χ0n) is 15.9. The van der Waals surface area contributed by atoms with E-state index in [0.29, 0.717) is 15.5 Å². The van der Waals surface area contributed by atoms with Gasteiger partial charge in [0.25, 0.3) is 5.91 Å². The van der Waals surface area contributed by atoms with E-state index in [-0.39, 0.29) is 33.8 Å². The summed E-state index contributed by atoms with van der Waals surface area (Å²) in [5.74, 6) is -0.496. The second-order valence-corrected chi connectivity index (χ2v) is 8.94. The summed E-state index contributed by atoms with van der Waals surface area (Å²) in [6, 6.07) is 5.39. The normalized spacial score (nSPS) is 15.9. The van der Waals surface area contributed by atoms with Crippen LogP contribution >= 0.6 is 50.7 Å². The number of halogens is 4. The standard InChI is InChI=1S/C19H17BrCl3N5O2/c1-9(2)25-18(29)11-6-10(21)7-13(23)16(11)26-19(30)14-8-15(20)27-28(14)17-12(22)4-3-5-24-17/h3-7,9,14H,8H2,1-2H3,(H,25,29)(H,26,30). The molecule has 7 nitrogen and oxygen atoms in total. The second-order valence-electron chi connectivity index (χ2n) is 6.78. The molecule has 0 fully saturated rings. The van der Waals surface area contributed by atoms with Crippen LogP contribution in [0.25, 0.3) is 0 Å². The smallest absolute Gasteiger partial charge is 0.253 e. The summed E-state index contributed by atoms with van der Waals surface area (Å²) in [6.45, 7) is 3.65. The molecule has 2 amide bonds. The Bertz CT molecular complexity index is 1030. The van der Waals surface area contributed by atoms with E-state index < -0.39 is 17.9 Å². The molecule has 3 rings (SSSR count). The van der Waals surface area contributed by atoms with Crippen LogP contribution in [0.3, 0.4) is 0 Å². The van der Waals surface area contributed by atoms with Gasteiger partial charge in [0.1, 0.15) is 10.7 Å². The first-order valence-electron chi connectivity index (χ1n) is 8.91. The molecular formula is C19H17BrCl3N5O2. The fraction of sp³-hybridized carbons (Fsp3) is 0.263. The highest BCUT2D eigenvalue weighted by Crippen LogP contribution is 2.33. The number of hydrogen-bond acceptors (Lipinski definition) is 5. The number of hydrogen-bond donors (Lipinski definition) is 2. The molecule has 1 aliphatic rings. The zero-order valence-corrected chi connectivity index (χ0v) is 19.8. The predicted octanol–water partition coefficient (Wildman–Crippen LogP) is 5.11. The molecule has 2 N–H and O–H groups in total. The van der Waals surface area contributed by atoms with Crippen LogP contribution in [0.4, 0.5) is 11.5 Å². The number of rotatable bonds is 5.